The molecule has 1 amide bonds. The minimum atomic E-state index is -1.41. The van der Waals surface area contributed by atoms with Gasteiger partial charge in [-0.3, -0.25) is 10.0 Å². The number of nitrogens with one attached hydrogen (secondary N) is 1. The summed E-state index contributed by atoms with van der Waals surface area (Å²) in [5, 5.41) is 8.46. The van der Waals surface area contributed by atoms with E-state index in [2.05, 4.69) is 0 Å². The fourth-order valence-electron chi connectivity index (χ4n) is 3.25. The number of ether oxygens (including phenoxy) is 1. The van der Waals surface area contributed by atoms with Crippen LogP contribution in [0.5, 0.6) is 5.75 Å². The smallest absolute Gasteiger partial charge is 0.248 e. The average Bonchev–Trinajstić information content (AvgIpc) is 2.83. The standard InChI is InChI=1S/C25H25NO4S/c1-30-24-10-6-5-9-21(24)14-11-19-12-15-22(16-13-19)31(29)23(18-25(27)26-28)17-20-7-3-2-4-8-20/h2-16,23,28H,17-18H2,1H3,(H,26,27)/b14-11+. The van der Waals surface area contributed by atoms with Gasteiger partial charge in [0, 0.05) is 12.0 Å². The molecule has 0 radical (unpaired) electrons. The minimum absolute atomic E-state index is 0.0343. The Morgan fingerprint density at radius 2 is 1.71 bits per heavy atom. The van der Waals surface area contributed by atoms with Crippen LogP contribution in [-0.4, -0.2) is 28.0 Å². The predicted octanol–water partition coefficient (Wildman–Crippen LogP) is 4.48. The monoisotopic (exact) mass is 435 g/mol. The lowest BCUT2D eigenvalue weighted by Gasteiger charge is -2.21. The van der Waals surface area contributed by atoms with Crippen molar-refractivity contribution in [2.45, 2.75) is 23.0 Å². The first-order valence-electron chi connectivity index (χ1n) is 9.89. The lowest BCUT2D eigenvalue weighted by atomic mass is 10.1. The highest BCUT2D eigenvalue weighted by atomic mass is 32.2. The van der Waals surface area contributed by atoms with Crippen LogP contribution in [0.25, 0.3) is 12.2 Å². The molecule has 31 heavy (non-hydrogen) atoms. The molecule has 0 aromatic heterocycles. The number of carbonyl (C=O) groups excluding carboxylic acids is 1. The fraction of sp³-hybridized carbons (Fsp3) is 0.160. The first kappa shape index (κ1) is 22.6. The van der Waals surface area contributed by atoms with Crippen LogP contribution in [-0.2, 0) is 22.4 Å². The second kappa shape index (κ2) is 11.4. The number of benzene rings is 3. The van der Waals surface area contributed by atoms with Crippen molar-refractivity contribution in [3.8, 4) is 5.75 Å². The van der Waals surface area contributed by atoms with E-state index in [1.165, 1.54) is 0 Å². The van der Waals surface area contributed by atoms with Gasteiger partial charge in [-0.1, -0.05) is 60.7 Å². The predicted molar refractivity (Wildman–Crippen MR) is 123 cm³/mol. The zero-order valence-corrected chi connectivity index (χ0v) is 18.0. The van der Waals surface area contributed by atoms with E-state index in [1.54, 1.807) is 12.6 Å². The summed E-state index contributed by atoms with van der Waals surface area (Å²) in [7, 11) is 1.64. The molecule has 0 saturated carbocycles. The molecule has 6 heteroatoms. The molecule has 0 aliphatic carbocycles. The van der Waals surface area contributed by atoms with E-state index in [9.17, 15) is 9.35 Å². The summed E-state index contributed by atoms with van der Waals surface area (Å²) in [6.07, 6.45) is 4.36. The quantitative estimate of drug-likeness (QED) is 0.225. The molecule has 2 N–H and O–H groups in total. The lowest BCUT2D eigenvalue weighted by molar-refractivity contribution is -0.129. The summed E-state index contributed by atoms with van der Waals surface area (Å²) in [4.78, 5) is 12.4. The molecule has 0 aliphatic heterocycles. The minimum Gasteiger partial charge on any atom is -0.611 e. The average molecular weight is 436 g/mol. The van der Waals surface area contributed by atoms with Crippen molar-refractivity contribution >= 4 is 29.2 Å². The molecule has 0 heterocycles. The van der Waals surface area contributed by atoms with Crippen LogP contribution in [0.3, 0.4) is 0 Å². The second-order valence-electron chi connectivity index (χ2n) is 6.99. The van der Waals surface area contributed by atoms with Crippen LogP contribution >= 0.6 is 0 Å². The molecule has 0 aliphatic rings. The second-order valence-corrected chi connectivity index (χ2v) is 8.73. The van der Waals surface area contributed by atoms with Crippen LogP contribution in [0.4, 0.5) is 0 Å². The van der Waals surface area contributed by atoms with Crippen LogP contribution in [0, 0.1) is 0 Å². The van der Waals surface area contributed by atoms with E-state index >= 15 is 0 Å². The van der Waals surface area contributed by atoms with Crippen molar-refractivity contribution in [1.29, 1.82) is 0 Å². The topological polar surface area (TPSA) is 81.6 Å². The van der Waals surface area contributed by atoms with Crippen molar-refractivity contribution in [2.24, 2.45) is 0 Å². The van der Waals surface area contributed by atoms with Gasteiger partial charge >= 0.3 is 0 Å². The molecule has 2 unspecified atom stereocenters. The Kier molecular flexibility index (Phi) is 8.29. The summed E-state index contributed by atoms with van der Waals surface area (Å²) in [5.41, 5.74) is 4.56. The molecular weight excluding hydrogens is 410 g/mol. The van der Waals surface area contributed by atoms with Gasteiger partial charge in [-0.05, 0) is 52.6 Å². The van der Waals surface area contributed by atoms with E-state index in [-0.39, 0.29) is 6.42 Å². The Balaban J connectivity index is 1.75. The molecule has 0 spiro atoms. The molecule has 160 valence electrons. The fourth-order valence-corrected chi connectivity index (χ4v) is 4.68. The first-order chi connectivity index (χ1) is 15.1. The van der Waals surface area contributed by atoms with Gasteiger partial charge in [0.1, 0.15) is 11.0 Å². The largest absolute Gasteiger partial charge is 0.611 e. The number of hydrogen-bond acceptors (Lipinski definition) is 4. The summed E-state index contributed by atoms with van der Waals surface area (Å²) in [5.74, 6) is 0.244. The maximum absolute atomic E-state index is 13.2. The van der Waals surface area contributed by atoms with Gasteiger partial charge in [0.2, 0.25) is 5.91 Å². The number of para-hydroxylation sites is 1. The van der Waals surface area contributed by atoms with Crippen molar-refractivity contribution in [3.63, 3.8) is 0 Å². The highest BCUT2D eigenvalue weighted by molar-refractivity contribution is 7.92. The van der Waals surface area contributed by atoms with Crippen molar-refractivity contribution in [3.05, 3.63) is 95.6 Å². The number of hydroxylamine groups is 1. The lowest BCUT2D eigenvalue weighted by Crippen LogP contribution is -2.31. The number of carbonyl (C=O) groups is 1. The molecule has 3 aromatic carbocycles. The third-order valence-electron chi connectivity index (χ3n) is 4.85. The number of rotatable bonds is 9. The van der Waals surface area contributed by atoms with E-state index in [1.807, 2.05) is 91.0 Å². The summed E-state index contributed by atoms with van der Waals surface area (Å²) >= 11 is -1.41. The molecule has 2 atom stereocenters. The summed E-state index contributed by atoms with van der Waals surface area (Å²) < 4.78 is 18.5. The highest BCUT2D eigenvalue weighted by Gasteiger charge is 2.28. The van der Waals surface area contributed by atoms with Crippen LogP contribution in [0.2, 0.25) is 0 Å². The SMILES string of the molecule is COc1ccccc1/C=C/c1ccc([S+]([O-])C(CC(=O)NO)Cc2ccccc2)cc1. The Labute approximate surface area is 185 Å². The van der Waals surface area contributed by atoms with Gasteiger partial charge < -0.3 is 9.29 Å². The van der Waals surface area contributed by atoms with Gasteiger partial charge in [0.25, 0.3) is 0 Å². The number of amides is 1. The Bertz CT molecular complexity index is 1010. The van der Waals surface area contributed by atoms with E-state index < -0.39 is 22.3 Å². The number of hydrogen-bond donors (Lipinski definition) is 2. The van der Waals surface area contributed by atoms with Gasteiger partial charge in [-0.15, -0.1) is 0 Å². The van der Waals surface area contributed by atoms with Gasteiger partial charge in [-0.25, -0.2) is 5.48 Å². The van der Waals surface area contributed by atoms with E-state index in [4.69, 9.17) is 9.94 Å². The zero-order chi connectivity index (χ0) is 22.1. The maximum Gasteiger partial charge on any atom is 0.248 e. The summed E-state index contributed by atoms with van der Waals surface area (Å²) in [6, 6.07) is 24.8. The first-order valence-corrected chi connectivity index (χ1v) is 11.1. The number of methoxy groups -OCH3 is 1. The van der Waals surface area contributed by atoms with Crippen molar-refractivity contribution < 1.29 is 19.3 Å². The van der Waals surface area contributed by atoms with Gasteiger partial charge in [0.15, 0.2) is 4.90 Å². The molecule has 3 rings (SSSR count). The molecular formula is C25H25NO4S. The Morgan fingerprint density at radius 3 is 2.39 bits per heavy atom. The molecule has 0 bridgehead atoms. The van der Waals surface area contributed by atoms with Crippen LogP contribution in [0.15, 0.2) is 83.8 Å². The third-order valence-corrected chi connectivity index (χ3v) is 6.53. The van der Waals surface area contributed by atoms with E-state index in [0.717, 1.165) is 22.4 Å². The van der Waals surface area contributed by atoms with Crippen molar-refractivity contribution in [2.75, 3.05) is 7.11 Å². The van der Waals surface area contributed by atoms with Crippen molar-refractivity contribution in [1.82, 2.24) is 5.48 Å². The Hall–Kier alpha value is -3.06. The summed E-state index contributed by atoms with van der Waals surface area (Å²) in [6.45, 7) is 0. The normalized spacial score (nSPS) is 13.0. The zero-order valence-electron chi connectivity index (χ0n) is 17.2. The van der Waals surface area contributed by atoms with E-state index in [0.29, 0.717) is 11.3 Å². The van der Waals surface area contributed by atoms with Crippen LogP contribution in [0.1, 0.15) is 23.1 Å². The molecule has 5 nitrogen and oxygen atoms in total. The van der Waals surface area contributed by atoms with Gasteiger partial charge in [0.05, 0.1) is 13.5 Å². The molecule has 3 aromatic rings. The van der Waals surface area contributed by atoms with Gasteiger partial charge in [-0.2, -0.15) is 0 Å². The molecule has 0 saturated heterocycles. The third kappa shape index (κ3) is 6.46. The Morgan fingerprint density at radius 1 is 1.03 bits per heavy atom. The maximum atomic E-state index is 13.2. The highest BCUT2D eigenvalue weighted by Crippen LogP contribution is 2.24. The molecule has 0 fully saturated rings. The van der Waals surface area contributed by atoms with Crippen LogP contribution < -0.4 is 10.2 Å².